The van der Waals surface area contributed by atoms with E-state index in [2.05, 4.69) is 10.6 Å². The van der Waals surface area contributed by atoms with E-state index in [-0.39, 0.29) is 17.9 Å². The highest BCUT2D eigenvalue weighted by Gasteiger charge is 2.50. The molecule has 3 nitrogen and oxygen atoms in total. The van der Waals surface area contributed by atoms with E-state index in [1.807, 2.05) is 0 Å². The highest BCUT2D eigenvalue weighted by Crippen LogP contribution is 2.40. The summed E-state index contributed by atoms with van der Waals surface area (Å²) >= 11 is 0. The lowest BCUT2D eigenvalue weighted by atomic mass is 9.73. The molecule has 1 aliphatic carbocycles. The van der Waals surface area contributed by atoms with Crippen molar-refractivity contribution < 1.29 is 13.6 Å². The Balaban J connectivity index is 1.85. The summed E-state index contributed by atoms with van der Waals surface area (Å²) in [4.78, 5) is 11.5. The number of amides is 1. The Morgan fingerprint density at radius 1 is 1.57 bits per heavy atom. The van der Waals surface area contributed by atoms with Crippen LogP contribution in [0.4, 0.5) is 8.78 Å². The monoisotopic (exact) mass is 204 g/mol. The molecule has 3 fully saturated rings. The van der Waals surface area contributed by atoms with E-state index < -0.39 is 12.5 Å². The molecular weight excluding hydrogens is 190 g/mol. The Morgan fingerprint density at radius 2 is 2.29 bits per heavy atom. The number of fused-ring (bicyclic) bond motifs is 1. The third-order valence-electron chi connectivity index (χ3n) is 3.19. The second-order valence-electron chi connectivity index (χ2n) is 4.17. The lowest BCUT2D eigenvalue weighted by Crippen LogP contribution is -2.50. The molecule has 14 heavy (non-hydrogen) atoms. The Hall–Kier alpha value is -0.710. The van der Waals surface area contributed by atoms with Gasteiger partial charge in [0.15, 0.2) is 0 Å². The van der Waals surface area contributed by atoms with Crippen LogP contribution in [0.5, 0.6) is 0 Å². The maximum atomic E-state index is 12.2. The first-order valence-electron chi connectivity index (χ1n) is 4.91. The van der Waals surface area contributed by atoms with E-state index in [9.17, 15) is 13.6 Å². The molecule has 2 heterocycles. The summed E-state index contributed by atoms with van der Waals surface area (Å²) in [5, 5.41) is 5.53. The van der Waals surface area contributed by atoms with Crippen LogP contribution in [0.2, 0.25) is 0 Å². The lowest BCUT2D eigenvalue weighted by Gasteiger charge is -2.33. The molecular formula is C9H14F2N2O. The van der Waals surface area contributed by atoms with E-state index >= 15 is 0 Å². The number of hydrogen-bond donors (Lipinski definition) is 2. The summed E-state index contributed by atoms with van der Waals surface area (Å²) in [6, 6.07) is -0.813. The number of rotatable bonds is 3. The van der Waals surface area contributed by atoms with Crippen LogP contribution in [0.3, 0.4) is 0 Å². The van der Waals surface area contributed by atoms with Gasteiger partial charge in [-0.2, -0.15) is 0 Å². The molecule has 0 radical (unpaired) electrons. The third-order valence-corrected chi connectivity index (χ3v) is 3.19. The zero-order valence-electron chi connectivity index (χ0n) is 7.97. The number of hydrogen-bond acceptors (Lipinski definition) is 2. The minimum Gasteiger partial charge on any atom is -0.348 e. The molecule has 0 aromatic heterocycles. The maximum absolute atomic E-state index is 12.2. The first-order valence-corrected chi connectivity index (χ1v) is 4.91. The number of alkyl halides is 2. The van der Waals surface area contributed by atoms with Crippen LogP contribution in [0.1, 0.15) is 13.3 Å². The van der Waals surface area contributed by atoms with Gasteiger partial charge in [0.25, 0.3) is 6.43 Å². The van der Waals surface area contributed by atoms with Crippen molar-refractivity contribution in [1.82, 2.24) is 10.6 Å². The molecule has 1 amide bonds. The fraction of sp³-hybridized carbons (Fsp3) is 0.889. The highest BCUT2D eigenvalue weighted by atomic mass is 19.3. The van der Waals surface area contributed by atoms with Crippen molar-refractivity contribution in [2.45, 2.75) is 31.9 Å². The number of nitrogens with one attached hydrogen (secondary N) is 2. The van der Waals surface area contributed by atoms with E-state index in [0.717, 1.165) is 13.0 Å². The minimum absolute atomic E-state index is 0.0730. The van der Waals surface area contributed by atoms with Gasteiger partial charge in [0, 0.05) is 6.04 Å². The standard InChI is InChI=1S/C9H14F2N2O/c1-4(8(10)11)13-9(14)7-5-2-6(7)12-3-5/h4-8,12H,2-3H2,1H3,(H,13,14). The summed E-state index contributed by atoms with van der Waals surface area (Å²) < 4.78 is 24.3. The van der Waals surface area contributed by atoms with Gasteiger partial charge in [-0.25, -0.2) is 8.78 Å². The molecule has 5 heteroatoms. The predicted octanol–water partition coefficient (Wildman–Crippen LogP) is 0.364. The van der Waals surface area contributed by atoms with E-state index in [4.69, 9.17) is 0 Å². The largest absolute Gasteiger partial charge is 0.348 e. The van der Waals surface area contributed by atoms with Crippen LogP contribution in [0.15, 0.2) is 0 Å². The number of carbonyl (C=O) groups excluding carboxylic acids is 1. The minimum atomic E-state index is -2.48. The van der Waals surface area contributed by atoms with E-state index in [0.29, 0.717) is 5.92 Å². The van der Waals surface area contributed by atoms with Gasteiger partial charge in [-0.1, -0.05) is 0 Å². The smallest absolute Gasteiger partial charge is 0.258 e. The zero-order valence-corrected chi connectivity index (χ0v) is 7.97. The van der Waals surface area contributed by atoms with Gasteiger partial charge in [0.05, 0.1) is 12.0 Å². The van der Waals surface area contributed by atoms with Crippen LogP contribution >= 0.6 is 0 Å². The van der Waals surface area contributed by atoms with Crippen molar-refractivity contribution in [3.63, 3.8) is 0 Å². The van der Waals surface area contributed by atoms with E-state index in [1.54, 1.807) is 0 Å². The van der Waals surface area contributed by atoms with Gasteiger partial charge < -0.3 is 10.6 Å². The number of carbonyl (C=O) groups is 1. The third kappa shape index (κ3) is 1.49. The second kappa shape index (κ2) is 3.46. The number of halogens is 2. The zero-order chi connectivity index (χ0) is 10.3. The average Bonchev–Trinajstić information content (AvgIpc) is 2.62. The summed E-state index contributed by atoms with van der Waals surface area (Å²) in [6.07, 6.45) is -1.47. The molecule has 3 aliphatic rings. The Morgan fingerprint density at radius 3 is 2.71 bits per heavy atom. The van der Waals surface area contributed by atoms with Crippen molar-refractivity contribution in [2.75, 3.05) is 6.54 Å². The summed E-state index contributed by atoms with van der Waals surface area (Å²) in [5.41, 5.74) is 0. The molecule has 3 rings (SSSR count). The van der Waals surface area contributed by atoms with Crippen molar-refractivity contribution >= 4 is 5.91 Å². The van der Waals surface area contributed by atoms with Crippen LogP contribution in [0, 0.1) is 11.8 Å². The van der Waals surface area contributed by atoms with Crippen LogP contribution in [-0.4, -0.2) is 31.0 Å². The quantitative estimate of drug-likeness (QED) is 0.697. The molecule has 0 aromatic carbocycles. The lowest BCUT2D eigenvalue weighted by molar-refractivity contribution is -0.131. The summed E-state index contributed by atoms with van der Waals surface area (Å²) in [6.45, 7) is 2.18. The molecule has 80 valence electrons. The van der Waals surface area contributed by atoms with Crippen molar-refractivity contribution in [2.24, 2.45) is 11.8 Å². The molecule has 4 atom stereocenters. The van der Waals surface area contributed by atoms with Crippen molar-refractivity contribution in [1.29, 1.82) is 0 Å². The van der Waals surface area contributed by atoms with Gasteiger partial charge in [0.2, 0.25) is 5.91 Å². The topological polar surface area (TPSA) is 41.1 Å². The SMILES string of the molecule is CC(NC(=O)C1C2CNC1C2)C(F)F. The predicted molar refractivity (Wildman–Crippen MR) is 47.0 cm³/mol. The van der Waals surface area contributed by atoms with Gasteiger partial charge in [-0.05, 0) is 25.8 Å². The Bertz CT molecular complexity index is 233. The van der Waals surface area contributed by atoms with Crippen LogP contribution in [-0.2, 0) is 4.79 Å². The molecule has 2 aliphatic heterocycles. The first kappa shape index (κ1) is 9.83. The van der Waals surface area contributed by atoms with Crippen LogP contribution < -0.4 is 10.6 Å². The molecule has 1 saturated carbocycles. The molecule has 2 N–H and O–H groups in total. The second-order valence-corrected chi connectivity index (χ2v) is 4.17. The molecule has 0 spiro atoms. The summed E-state index contributed by atoms with van der Waals surface area (Å²) in [7, 11) is 0. The van der Waals surface area contributed by atoms with Crippen molar-refractivity contribution in [3.8, 4) is 0 Å². The molecule has 2 saturated heterocycles. The highest BCUT2D eigenvalue weighted by molar-refractivity contribution is 5.81. The molecule has 2 bridgehead atoms. The molecule has 4 unspecified atom stereocenters. The average molecular weight is 204 g/mol. The van der Waals surface area contributed by atoms with Crippen LogP contribution in [0.25, 0.3) is 0 Å². The Kier molecular flexibility index (Phi) is 2.43. The summed E-state index contributed by atoms with van der Waals surface area (Å²) in [5.74, 6) is 0.0742. The normalized spacial score (nSPS) is 36.7. The fourth-order valence-electron chi connectivity index (χ4n) is 2.26. The maximum Gasteiger partial charge on any atom is 0.258 e. The van der Waals surface area contributed by atoms with Gasteiger partial charge in [-0.3, -0.25) is 4.79 Å². The van der Waals surface area contributed by atoms with Gasteiger partial charge in [0.1, 0.15) is 0 Å². The van der Waals surface area contributed by atoms with Crippen molar-refractivity contribution in [3.05, 3.63) is 0 Å². The van der Waals surface area contributed by atoms with Gasteiger partial charge >= 0.3 is 0 Å². The molecule has 0 aromatic rings. The van der Waals surface area contributed by atoms with E-state index in [1.165, 1.54) is 6.92 Å². The fourth-order valence-corrected chi connectivity index (χ4v) is 2.26. The Labute approximate surface area is 81.2 Å². The first-order chi connectivity index (χ1) is 6.59. The van der Waals surface area contributed by atoms with Gasteiger partial charge in [-0.15, -0.1) is 0 Å².